The van der Waals surface area contributed by atoms with Crippen molar-refractivity contribution in [2.24, 2.45) is 14.1 Å². The third-order valence-corrected chi connectivity index (χ3v) is 5.11. The molecule has 0 bridgehead atoms. The molecular formula is C20H23N5O. The first-order valence-corrected chi connectivity index (χ1v) is 9.03. The van der Waals surface area contributed by atoms with E-state index in [9.17, 15) is 4.79 Å². The number of nitrogens with zero attached hydrogens (tertiary/aromatic N) is 4. The van der Waals surface area contributed by atoms with Crippen molar-refractivity contribution in [1.82, 2.24) is 24.6 Å². The van der Waals surface area contributed by atoms with Gasteiger partial charge in [-0.05, 0) is 31.2 Å². The van der Waals surface area contributed by atoms with Crippen LogP contribution in [0.2, 0.25) is 0 Å². The molecule has 1 unspecified atom stereocenters. The Morgan fingerprint density at radius 2 is 1.92 bits per heavy atom. The van der Waals surface area contributed by atoms with Crippen LogP contribution in [-0.2, 0) is 26.9 Å². The third kappa shape index (κ3) is 2.92. The van der Waals surface area contributed by atoms with E-state index in [1.165, 1.54) is 5.69 Å². The summed E-state index contributed by atoms with van der Waals surface area (Å²) in [4.78, 5) is 17.6. The highest BCUT2D eigenvalue weighted by atomic mass is 16.2. The van der Waals surface area contributed by atoms with Crippen LogP contribution in [0.25, 0.3) is 0 Å². The van der Waals surface area contributed by atoms with E-state index in [0.29, 0.717) is 5.69 Å². The first-order chi connectivity index (χ1) is 12.6. The van der Waals surface area contributed by atoms with Gasteiger partial charge in [0.25, 0.3) is 5.91 Å². The molecule has 6 heteroatoms. The monoisotopic (exact) mass is 349 g/mol. The van der Waals surface area contributed by atoms with Crippen LogP contribution in [0, 0.1) is 0 Å². The largest absolute Gasteiger partial charge is 0.337 e. The fourth-order valence-corrected chi connectivity index (χ4v) is 3.75. The number of hydrogen-bond acceptors (Lipinski definition) is 3. The summed E-state index contributed by atoms with van der Waals surface area (Å²) < 4.78 is 3.80. The lowest BCUT2D eigenvalue weighted by Crippen LogP contribution is -2.32. The molecule has 3 aromatic rings. The lowest BCUT2D eigenvalue weighted by molar-refractivity contribution is 0.0934. The summed E-state index contributed by atoms with van der Waals surface area (Å²) >= 11 is 0. The minimum atomic E-state index is -0.315. The van der Waals surface area contributed by atoms with Crippen molar-refractivity contribution in [1.29, 1.82) is 0 Å². The summed E-state index contributed by atoms with van der Waals surface area (Å²) in [6.07, 6.45) is 7.83. The Labute approximate surface area is 152 Å². The lowest BCUT2D eigenvalue weighted by Gasteiger charge is -2.19. The third-order valence-electron chi connectivity index (χ3n) is 5.11. The first kappa shape index (κ1) is 16.6. The van der Waals surface area contributed by atoms with Gasteiger partial charge in [0.1, 0.15) is 11.9 Å². The van der Waals surface area contributed by atoms with Crippen molar-refractivity contribution in [2.45, 2.75) is 31.7 Å². The number of hydrogen-bond donors (Lipinski definition) is 1. The Morgan fingerprint density at radius 1 is 1.15 bits per heavy atom. The summed E-state index contributed by atoms with van der Waals surface area (Å²) in [6, 6.07) is 9.61. The number of aryl methyl sites for hydroxylation is 2. The maximum atomic E-state index is 13.1. The molecule has 1 aromatic carbocycles. The molecule has 0 spiro atoms. The van der Waals surface area contributed by atoms with Crippen molar-refractivity contribution < 1.29 is 4.79 Å². The fraction of sp³-hybridized carbons (Fsp3) is 0.350. The van der Waals surface area contributed by atoms with Gasteiger partial charge in [-0.25, -0.2) is 4.98 Å². The van der Waals surface area contributed by atoms with Gasteiger partial charge in [0, 0.05) is 37.7 Å². The average Bonchev–Trinajstić information content (AvgIpc) is 3.24. The predicted octanol–water partition coefficient (Wildman–Crippen LogP) is 2.55. The van der Waals surface area contributed by atoms with Crippen molar-refractivity contribution in [2.75, 3.05) is 0 Å². The summed E-state index contributed by atoms with van der Waals surface area (Å²) in [5.74, 6) is 0.662. The van der Waals surface area contributed by atoms with Gasteiger partial charge in [-0.3, -0.25) is 9.48 Å². The molecular weight excluding hydrogens is 326 g/mol. The van der Waals surface area contributed by atoms with Crippen LogP contribution < -0.4 is 5.32 Å². The van der Waals surface area contributed by atoms with E-state index in [-0.39, 0.29) is 11.9 Å². The van der Waals surface area contributed by atoms with Gasteiger partial charge in [-0.15, -0.1) is 0 Å². The second-order valence-electron chi connectivity index (χ2n) is 6.82. The minimum Gasteiger partial charge on any atom is -0.337 e. The standard InChI is InChI=1S/C20H23N5O/c1-24-13-12-21-19(24)17(14-8-4-3-5-9-14)22-20(26)18-15-10-6-7-11-16(15)25(2)23-18/h3-5,8-9,12-13,17H,6-7,10-11H2,1-2H3,(H,22,26). The van der Waals surface area contributed by atoms with Crippen LogP contribution in [0.3, 0.4) is 0 Å². The minimum absolute atomic E-state index is 0.138. The molecule has 4 rings (SSSR count). The molecule has 0 aliphatic heterocycles. The van der Waals surface area contributed by atoms with Gasteiger partial charge in [0.2, 0.25) is 0 Å². The summed E-state index contributed by atoms with van der Waals surface area (Å²) in [7, 11) is 3.86. The highest BCUT2D eigenvalue weighted by Gasteiger charge is 2.27. The van der Waals surface area contributed by atoms with Gasteiger partial charge in [0.05, 0.1) is 0 Å². The van der Waals surface area contributed by atoms with Crippen LogP contribution >= 0.6 is 0 Å². The van der Waals surface area contributed by atoms with E-state index in [1.54, 1.807) is 6.20 Å². The van der Waals surface area contributed by atoms with E-state index < -0.39 is 0 Å². The molecule has 134 valence electrons. The SMILES string of the molecule is Cn1ccnc1C(NC(=O)c1nn(C)c2c1CCCC2)c1ccccc1. The zero-order chi connectivity index (χ0) is 18.1. The molecule has 2 aromatic heterocycles. The summed E-state index contributed by atoms with van der Waals surface area (Å²) in [5, 5.41) is 7.68. The van der Waals surface area contributed by atoms with E-state index in [4.69, 9.17) is 0 Å². The zero-order valence-corrected chi connectivity index (χ0v) is 15.1. The molecule has 0 saturated carbocycles. The quantitative estimate of drug-likeness (QED) is 0.787. The predicted molar refractivity (Wildman–Crippen MR) is 98.8 cm³/mol. The number of imidazole rings is 1. The van der Waals surface area contributed by atoms with Crippen molar-refractivity contribution in [3.8, 4) is 0 Å². The highest BCUT2D eigenvalue weighted by molar-refractivity contribution is 5.94. The molecule has 26 heavy (non-hydrogen) atoms. The maximum Gasteiger partial charge on any atom is 0.272 e. The Bertz CT molecular complexity index is 925. The number of benzene rings is 1. The van der Waals surface area contributed by atoms with Crippen LogP contribution in [0.5, 0.6) is 0 Å². The van der Waals surface area contributed by atoms with Crippen LogP contribution in [0.1, 0.15) is 52.0 Å². The molecule has 1 aliphatic rings. The Kier molecular flexibility index (Phi) is 4.32. The normalized spacial score (nSPS) is 14.7. The van der Waals surface area contributed by atoms with Crippen molar-refractivity contribution in [3.63, 3.8) is 0 Å². The van der Waals surface area contributed by atoms with Gasteiger partial charge in [0.15, 0.2) is 5.69 Å². The summed E-state index contributed by atoms with van der Waals surface area (Å²) in [5.41, 5.74) is 3.84. The van der Waals surface area contributed by atoms with Gasteiger partial charge >= 0.3 is 0 Å². The highest BCUT2D eigenvalue weighted by Crippen LogP contribution is 2.25. The Balaban J connectivity index is 1.69. The molecule has 6 nitrogen and oxygen atoms in total. The lowest BCUT2D eigenvalue weighted by atomic mass is 9.95. The number of carbonyl (C=O) groups excluding carboxylic acids is 1. The summed E-state index contributed by atoms with van der Waals surface area (Å²) in [6.45, 7) is 0. The molecule has 1 aliphatic carbocycles. The van der Waals surface area contributed by atoms with Gasteiger partial charge < -0.3 is 9.88 Å². The fourth-order valence-electron chi connectivity index (χ4n) is 3.75. The smallest absolute Gasteiger partial charge is 0.272 e. The number of rotatable bonds is 4. The molecule has 2 heterocycles. The molecule has 1 N–H and O–H groups in total. The molecule has 0 fully saturated rings. The van der Waals surface area contributed by atoms with E-state index >= 15 is 0 Å². The number of nitrogens with one attached hydrogen (secondary N) is 1. The number of aromatic nitrogens is 4. The van der Waals surface area contributed by atoms with Crippen molar-refractivity contribution >= 4 is 5.91 Å². The zero-order valence-electron chi connectivity index (χ0n) is 15.1. The Hall–Kier alpha value is -2.89. The maximum absolute atomic E-state index is 13.1. The van der Waals surface area contributed by atoms with Crippen LogP contribution in [0.4, 0.5) is 0 Å². The van der Waals surface area contributed by atoms with E-state index in [0.717, 1.165) is 42.6 Å². The topological polar surface area (TPSA) is 64.7 Å². The molecule has 1 atom stereocenters. The average molecular weight is 349 g/mol. The molecule has 1 amide bonds. The number of carbonyl (C=O) groups is 1. The molecule has 0 saturated heterocycles. The van der Waals surface area contributed by atoms with Gasteiger partial charge in [-0.1, -0.05) is 30.3 Å². The Morgan fingerprint density at radius 3 is 2.65 bits per heavy atom. The van der Waals surface area contributed by atoms with E-state index in [1.807, 2.05) is 59.9 Å². The molecule has 0 radical (unpaired) electrons. The van der Waals surface area contributed by atoms with E-state index in [2.05, 4.69) is 15.4 Å². The van der Waals surface area contributed by atoms with Crippen LogP contribution in [-0.4, -0.2) is 25.2 Å². The first-order valence-electron chi connectivity index (χ1n) is 9.03. The second-order valence-corrected chi connectivity index (χ2v) is 6.82. The van der Waals surface area contributed by atoms with Crippen LogP contribution in [0.15, 0.2) is 42.7 Å². The van der Waals surface area contributed by atoms with Crippen molar-refractivity contribution in [3.05, 3.63) is 71.1 Å². The second kappa shape index (κ2) is 6.78. The number of fused-ring (bicyclic) bond motifs is 1. The van der Waals surface area contributed by atoms with Gasteiger partial charge in [-0.2, -0.15) is 5.10 Å². The number of amides is 1.